The van der Waals surface area contributed by atoms with E-state index in [2.05, 4.69) is 5.32 Å². The summed E-state index contributed by atoms with van der Waals surface area (Å²) < 4.78 is 27.9. The number of nitrogens with one attached hydrogen (secondary N) is 1. The van der Waals surface area contributed by atoms with Gasteiger partial charge < -0.3 is 9.73 Å². The lowest BCUT2D eigenvalue weighted by atomic mass is 10.0. The zero-order chi connectivity index (χ0) is 13.2. The van der Waals surface area contributed by atoms with Gasteiger partial charge in [-0.05, 0) is 25.5 Å². The van der Waals surface area contributed by atoms with Gasteiger partial charge in [0.15, 0.2) is 9.84 Å². The molecule has 6 heteroatoms. The summed E-state index contributed by atoms with van der Waals surface area (Å²) in [4.78, 5) is 11.8. The van der Waals surface area contributed by atoms with Crippen LogP contribution in [0.1, 0.15) is 25.5 Å². The van der Waals surface area contributed by atoms with E-state index >= 15 is 0 Å². The summed E-state index contributed by atoms with van der Waals surface area (Å²) >= 11 is 0. The maximum Gasteiger partial charge on any atom is 0.220 e. The van der Waals surface area contributed by atoms with E-state index in [0.29, 0.717) is 19.3 Å². The normalized spacial score (nSPS) is 26.1. The maximum atomic E-state index is 11.8. The number of hydrogen-bond acceptors (Lipinski definition) is 4. The van der Waals surface area contributed by atoms with Crippen LogP contribution in [0.4, 0.5) is 0 Å². The molecule has 2 heterocycles. The molecule has 0 aliphatic carbocycles. The van der Waals surface area contributed by atoms with E-state index in [4.69, 9.17) is 4.42 Å². The Kier molecular flexibility index (Phi) is 3.47. The molecule has 2 rings (SSSR count). The van der Waals surface area contributed by atoms with Gasteiger partial charge in [0.2, 0.25) is 5.91 Å². The molecule has 5 nitrogen and oxygen atoms in total. The lowest BCUT2D eigenvalue weighted by Gasteiger charge is -2.23. The van der Waals surface area contributed by atoms with Gasteiger partial charge in [-0.25, -0.2) is 8.42 Å². The largest absolute Gasteiger partial charge is 0.469 e. The summed E-state index contributed by atoms with van der Waals surface area (Å²) in [6, 6.07) is 3.59. The van der Waals surface area contributed by atoms with Crippen LogP contribution in [-0.4, -0.2) is 31.4 Å². The second-order valence-electron chi connectivity index (χ2n) is 5.03. The molecule has 1 aromatic rings. The predicted molar refractivity (Wildman–Crippen MR) is 66.8 cm³/mol. The van der Waals surface area contributed by atoms with E-state index in [0.717, 1.165) is 5.76 Å². The van der Waals surface area contributed by atoms with Gasteiger partial charge in [0, 0.05) is 12.8 Å². The molecule has 0 aromatic carbocycles. The van der Waals surface area contributed by atoms with Crippen molar-refractivity contribution in [2.75, 3.05) is 11.5 Å². The fourth-order valence-corrected chi connectivity index (χ4v) is 4.29. The molecule has 1 N–H and O–H groups in total. The number of hydrogen-bond donors (Lipinski definition) is 1. The SMILES string of the molecule is CC1(NC(=O)CCc2ccco2)CCS(=O)(=O)C1. The molecule has 1 atom stereocenters. The first-order chi connectivity index (χ1) is 8.39. The third kappa shape index (κ3) is 3.35. The minimum atomic E-state index is -2.99. The van der Waals surface area contributed by atoms with Gasteiger partial charge in [0.05, 0.1) is 23.3 Å². The molecule has 1 unspecified atom stereocenters. The molecule has 0 spiro atoms. The second kappa shape index (κ2) is 4.76. The molecule has 1 fully saturated rings. The average Bonchev–Trinajstić information content (AvgIpc) is 2.84. The molecule has 1 aromatic heterocycles. The van der Waals surface area contributed by atoms with Crippen LogP contribution in [-0.2, 0) is 21.1 Å². The molecule has 1 amide bonds. The number of amides is 1. The first kappa shape index (κ1) is 13.1. The number of sulfone groups is 1. The Morgan fingerprint density at radius 2 is 2.33 bits per heavy atom. The van der Waals surface area contributed by atoms with Gasteiger partial charge >= 0.3 is 0 Å². The molecule has 0 radical (unpaired) electrons. The van der Waals surface area contributed by atoms with Crippen LogP contribution in [0, 0.1) is 0 Å². The zero-order valence-electron chi connectivity index (χ0n) is 10.3. The lowest BCUT2D eigenvalue weighted by Crippen LogP contribution is -2.46. The van der Waals surface area contributed by atoms with Gasteiger partial charge in [-0.3, -0.25) is 4.79 Å². The van der Waals surface area contributed by atoms with E-state index < -0.39 is 15.4 Å². The fraction of sp³-hybridized carbons (Fsp3) is 0.583. The van der Waals surface area contributed by atoms with Gasteiger partial charge in [-0.2, -0.15) is 0 Å². The average molecular weight is 271 g/mol. The summed E-state index contributed by atoms with van der Waals surface area (Å²) in [7, 11) is -2.99. The summed E-state index contributed by atoms with van der Waals surface area (Å²) in [6.07, 6.45) is 2.89. The Labute approximate surface area is 106 Å². The fourth-order valence-electron chi connectivity index (χ4n) is 2.20. The van der Waals surface area contributed by atoms with Crippen LogP contribution >= 0.6 is 0 Å². The number of aryl methyl sites for hydroxylation is 1. The van der Waals surface area contributed by atoms with E-state index in [1.54, 1.807) is 19.3 Å². The highest BCUT2D eigenvalue weighted by Gasteiger charge is 2.39. The first-order valence-corrected chi connectivity index (χ1v) is 7.75. The molecule has 0 bridgehead atoms. The number of carbonyl (C=O) groups is 1. The minimum absolute atomic E-state index is 0.0342. The van der Waals surface area contributed by atoms with Crippen molar-refractivity contribution < 1.29 is 17.6 Å². The number of rotatable bonds is 4. The Bertz CT molecular complexity index is 520. The minimum Gasteiger partial charge on any atom is -0.469 e. The summed E-state index contributed by atoms with van der Waals surface area (Å²) in [5.41, 5.74) is -0.612. The van der Waals surface area contributed by atoms with Crippen molar-refractivity contribution in [3.8, 4) is 0 Å². The van der Waals surface area contributed by atoms with E-state index in [1.807, 2.05) is 6.07 Å². The zero-order valence-corrected chi connectivity index (χ0v) is 11.1. The van der Waals surface area contributed by atoms with Crippen LogP contribution in [0.3, 0.4) is 0 Å². The smallest absolute Gasteiger partial charge is 0.220 e. The monoisotopic (exact) mass is 271 g/mol. The van der Waals surface area contributed by atoms with E-state index in [1.165, 1.54) is 0 Å². The van der Waals surface area contributed by atoms with Crippen LogP contribution in [0.15, 0.2) is 22.8 Å². The van der Waals surface area contributed by atoms with Gasteiger partial charge in [0.1, 0.15) is 5.76 Å². The highest BCUT2D eigenvalue weighted by atomic mass is 32.2. The quantitative estimate of drug-likeness (QED) is 0.883. The van der Waals surface area contributed by atoms with Gasteiger partial charge in [-0.1, -0.05) is 0 Å². The van der Waals surface area contributed by atoms with Crippen molar-refractivity contribution in [2.45, 2.75) is 31.7 Å². The molecule has 1 aliphatic heterocycles. The summed E-state index contributed by atoms with van der Waals surface area (Å²) in [5, 5.41) is 2.81. The van der Waals surface area contributed by atoms with Crippen molar-refractivity contribution in [3.05, 3.63) is 24.2 Å². The third-order valence-electron chi connectivity index (χ3n) is 3.12. The van der Waals surface area contributed by atoms with Gasteiger partial charge in [0.25, 0.3) is 0 Å². The molecule has 1 aliphatic rings. The lowest BCUT2D eigenvalue weighted by molar-refractivity contribution is -0.122. The van der Waals surface area contributed by atoms with E-state index in [-0.39, 0.29) is 17.4 Å². The second-order valence-corrected chi connectivity index (χ2v) is 7.21. The van der Waals surface area contributed by atoms with Crippen molar-refractivity contribution in [1.29, 1.82) is 0 Å². The van der Waals surface area contributed by atoms with Gasteiger partial charge in [-0.15, -0.1) is 0 Å². The highest BCUT2D eigenvalue weighted by molar-refractivity contribution is 7.91. The van der Waals surface area contributed by atoms with Crippen molar-refractivity contribution in [1.82, 2.24) is 5.32 Å². The van der Waals surface area contributed by atoms with Crippen molar-refractivity contribution in [2.24, 2.45) is 0 Å². The van der Waals surface area contributed by atoms with Crippen LogP contribution in [0.2, 0.25) is 0 Å². The van der Waals surface area contributed by atoms with Crippen LogP contribution < -0.4 is 5.32 Å². The van der Waals surface area contributed by atoms with Crippen LogP contribution in [0.5, 0.6) is 0 Å². The molecular weight excluding hydrogens is 254 g/mol. The highest BCUT2D eigenvalue weighted by Crippen LogP contribution is 2.22. The van der Waals surface area contributed by atoms with Crippen molar-refractivity contribution >= 4 is 15.7 Å². The topological polar surface area (TPSA) is 76.4 Å². The summed E-state index contributed by atoms with van der Waals surface area (Å²) in [5.74, 6) is 0.814. The van der Waals surface area contributed by atoms with Crippen LogP contribution in [0.25, 0.3) is 0 Å². The molecule has 0 saturated carbocycles. The number of furan rings is 1. The van der Waals surface area contributed by atoms with Crippen molar-refractivity contribution in [3.63, 3.8) is 0 Å². The third-order valence-corrected chi connectivity index (χ3v) is 5.03. The molecule has 18 heavy (non-hydrogen) atoms. The molecule has 100 valence electrons. The Morgan fingerprint density at radius 3 is 2.89 bits per heavy atom. The standard InChI is InChI=1S/C12H17NO4S/c1-12(6-8-18(15,16)9-12)13-11(14)5-4-10-3-2-7-17-10/h2-3,7H,4-6,8-9H2,1H3,(H,13,14). The maximum absolute atomic E-state index is 11.8. The molecule has 1 saturated heterocycles. The number of carbonyl (C=O) groups excluding carboxylic acids is 1. The summed E-state index contributed by atoms with van der Waals surface area (Å²) in [6.45, 7) is 1.78. The molecular formula is C12H17NO4S. The Morgan fingerprint density at radius 1 is 1.56 bits per heavy atom. The Hall–Kier alpha value is -1.30. The Balaban J connectivity index is 1.84. The first-order valence-electron chi connectivity index (χ1n) is 5.92. The van der Waals surface area contributed by atoms with E-state index in [9.17, 15) is 13.2 Å². The predicted octanol–water partition coefficient (Wildman–Crippen LogP) is 0.906.